The number of nitrogens with zero attached hydrogens (tertiary/aromatic N) is 1. The van der Waals surface area contributed by atoms with Gasteiger partial charge in [-0.25, -0.2) is 0 Å². The van der Waals surface area contributed by atoms with Gasteiger partial charge in [0.05, 0.1) is 13.0 Å². The van der Waals surface area contributed by atoms with E-state index >= 15 is 0 Å². The largest absolute Gasteiger partial charge is 0.466 e. The smallest absolute Gasteiger partial charge is 0.306 e. The molecule has 0 aliphatic carbocycles. The minimum absolute atomic E-state index is 0.0885. The Morgan fingerprint density at radius 3 is 2.74 bits per heavy atom. The van der Waals surface area contributed by atoms with Crippen molar-refractivity contribution in [2.24, 2.45) is 0 Å². The fourth-order valence-corrected chi connectivity index (χ4v) is 3.26. The normalized spacial score (nSPS) is 14.5. The van der Waals surface area contributed by atoms with E-state index in [1.54, 1.807) is 6.92 Å². The van der Waals surface area contributed by atoms with E-state index in [0.717, 1.165) is 37.9 Å². The number of fused-ring (bicyclic) bond motifs is 1. The molecule has 23 heavy (non-hydrogen) atoms. The maximum absolute atomic E-state index is 11.9. The third-order valence-corrected chi connectivity index (χ3v) is 4.48. The molecule has 1 atom stereocenters. The summed E-state index contributed by atoms with van der Waals surface area (Å²) in [6, 6.07) is 6.28. The first-order valence-electron chi connectivity index (χ1n) is 8.63. The second kappa shape index (κ2) is 8.14. The second-order valence-corrected chi connectivity index (χ2v) is 6.16. The summed E-state index contributed by atoms with van der Waals surface area (Å²) in [5, 5.41) is 0. The highest BCUT2D eigenvalue weighted by Gasteiger charge is 2.24. The van der Waals surface area contributed by atoms with Crippen molar-refractivity contribution in [1.82, 2.24) is 0 Å². The molecule has 1 unspecified atom stereocenters. The standard InChI is InChI=1S/C19H27NO3/c1-4-6-7-15(13-19(22)23-5-2)16-8-9-18-17(12-16)10-11-20(18)14(3)21/h8-9,12,15H,4-7,10-11,13H2,1-3H3. The fourth-order valence-electron chi connectivity index (χ4n) is 3.26. The van der Waals surface area contributed by atoms with Crippen molar-refractivity contribution < 1.29 is 14.3 Å². The molecule has 1 aliphatic heterocycles. The Morgan fingerprint density at radius 1 is 1.30 bits per heavy atom. The van der Waals surface area contributed by atoms with Crippen molar-refractivity contribution in [3.63, 3.8) is 0 Å². The Hall–Kier alpha value is -1.84. The van der Waals surface area contributed by atoms with Crippen molar-refractivity contribution in [2.45, 2.75) is 58.8 Å². The molecule has 4 nitrogen and oxygen atoms in total. The molecule has 1 amide bonds. The highest BCUT2D eigenvalue weighted by molar-refractivity contribution is 5.93. The van der Waals surface area contributed by atoms with Gasteiger partial charge in [-0.3, -0.25) is 9.59 Å². The van der Waals surface area contributed by atoms with Gasteiger partial charge in [-0.2, -0.15) is 0 Å². The summed E-state index contributed by atoms with van der Waals surface area (Å²) in [4.78, 5) is 25.4. The van der Waals surface area contributed by atoms with Gasteiger partial charge in [0.25, 0.3) is 0 Å². The van der Waals surface area contributed by atoms with Crippen LogP contribution < -0.4 is 4.90 Å². The molecule has 0 N–H and O–H groups in total. The molecule has 1 aromatic rings. The van der Waals surface area contributed by atoms with Gasteiger partial charge in [0.15, 0.2) is 0 Å². The van der Waals surface area contributed by atoms with Gasteiger partial charge in [-0.1, -0.05) is 31.9 Å². The highest BCUT2D eigenvalue weighted by Crippen LogP contribution is 2.34. The molecule has 1 aliphatic rings. The van der Waals surface area contributed by atoms with Crippen molar-refractivity contribution >= 4 is 17.6 Å². The van der Waals surface area contributed by atoms with Crippen LogP contribution in [0, 0.1) is 0 Å². The van der Waals surface area contributed by atoms with E-state index in [0.29, 0.717) is 13.0 Å². The number of ether oxygens (including phenoxy) is 1. The van der Waals surface area contributed by atoms with Crippen molar-refractivity contribution in [1.29, 1.82) is 0 Å². The predicted molar refractivity (Wildman–Crippen MR) is 91.7 cm³/mol. The summed E-state index contributed by atoms with van der Waals surface area (Å²) < 4.78 is 5.12. The van der Waals surface area contributed by atoms with E-state index in [2.05, 4.69) is 19.1 Å². The molecule has 126 valence electrons. The topological polar surface area (TPSA) is 46.6 Å². The quantitative estimate of drug-likeness (QED) is 0.718. The van der Waals surface area contributed by atoms with Crippen LogP contribution in [0.2, 0.25) is 0 Å². The third kappa shape index (κ3) is 4.34. The molecule has 1 heterocycles. The van der Waals surface area contributed by atoms with Gasteiger partial charge >= 0.3 is 5.97 Å². The highest BCUT2D eigenvalue weighted by atomic mass is 16.5. The van der Waals surface area contributed by atoms with Crippen molar-refractivity contribution in [3.8, 4) is 0 Å². The summed E-state index contributed by atoms with van der Waals surface area (Å²) in [5.41, 5.74) is 3.42. The number of hydrogen-bond donors (Lipinski definition) is 0. The Labute approximate surface area is 138 Å². The van der Waals surface area contributed by atoms with Crippen LogP contribution in [-0.4, -0.2) is 25.0 Å². The number of carbonyl (C=O) groups is 2. The summed E-state index contributed by atoms with van der Waals surface area (Å²) in [7, 11) is 0. The summed E-state index contributed by atoms with van der Waals surface area (Å²) in [6.45, 7) is 6.79. The Morgan fingerprint density at radius 2 is 2.09 bits per heavy atom. The van der Waals surface area contributed by atoms with E-state index in [4.69, 9.17) is 4.74 Å². The molecule has 4 heteroatoms. The average molecular weight is 317 g/mol. The molecule has 2 rings (SSSR count). The first-order chi connectivity index (χ1) is 11.1. The number of unbranched alkanes of at least 4 members (excludes halogenated alkanes) is 1. The van der Waals surface area contributed by atoms with E-state index in [1.165, 1.54) is 11.1 Å². The van der Waals surface area contributed by atoms with Gasteiger partial charge in [0.2, 0.25) is 5.91 Å². The van der Waals surface area contributed by atoms with Crippen LogP contribution in [0.3, 0.4) is 0 Å². The maximum atomic E-state index is 11.9. The van der Waals surface area contributed by atoms with E-state index in [-0.39, 0.29) is 17.8 Å². The first-order valence-corrected chi connectivity index (χ1v) is 8.63. The van der Waals surface area contributed by atoms with Gasteiger partial charge in [0, 0.05) is 19.2 Å². The van der Waals surface area contributed by atoms with Crippen LogP contribution in [0.1, 0.15) is 63.5 Å². The van der Waals surface area contributed by atoms with Crippen molar-refractivity contribution in [2.75, 3.05) is 18.1 Å². The Bertz CT molecular complexity index is 568. The zero-order valence-electron chi connectivity index (χ0n) is 14.4. The lowest BCUT2D eigenvalue weighted by atomic mass is 9.89. The first kappa shape index (κ1) is 17.5. The lowest BCUT2D eigenvalue weighted by molar-refractivity contribution is -0.143. The second-order valence-electron chi connectivity index (χ2n) is 6.16. The number of benzene rings is 1. The predicted octanol–water partition coefficient (Wildman–Crippen LogP) is 3.82. The zero-order chi connectivity index (χ0) is 16.8. The summed E-state index contributed by atoms with van der Waals surface area (Å²) in [5.74, 6) is 0.163. The molecular formula is C19H27NO3. The summed E-state index contributed by atoms with van der Waals surface area (Å²) in [6.07, 6.45) is 4.53. The van der Waals surface area contributed by atoms with Crippen LogP contribution >= 0.6 is 0 Å². The van der Waals surface area contributed by atoms with Crippen LogP contribution in [0.4, 0.5) is 5.69 Å². The Kier molecular flexibility index (Phi) is 6.20. The van der Waals surface area contributed by atoms with Crippen LogP contribution in [0.15, 0.2) is 18.2 Å². The number of amides is 1. The summed E-state index contributed by atoms with van der Waals surface area (Å²) >= 11 is 0. The van der Waals surface area contributed by atoms with Crippen LogP contribution in [-0.2, 0) is 20.7 Å². The van der Waals surface area contributed by atoms with E-state index in [9.17, 15) is 9.59 Å². The number of rotatable bonds is 7. The number of anilines is 1. The van der Waals surface area contributed by atoms with Crippen molar-refractivity contribution in [3.05, 3.63) is 29.3 Å². The monoisotopic (exact) mass is 317 g/mol. The third-order valence-electron chi connectivity index (χ3n) is 4.48. The fraction of sp³-hybridized carbons (Fsp3) is 0.579. The molecular weight excluding hydrogens is 290 g/mol. The van der Waals surface area contributed by atoms with Gasteiger partial charge in [0.1, 0.15) is 0 Å². The molecule has 1 aromatic carbocycles. The van der Waals surface area contributed by atoms with Crippen LogP contribution in [0.25, 0.3) is 0 Å². The van der Waals surface area contributed by atoms with Gasteiger partial charge < -0.3 is 9.64 Å². The average Bonchev–Trinajstić information content (AvgIpc) is 2.94. The SMILES string of the molecule is CCCCC(CC(=O)OCC)c1ccc2c(c1)CCN2C(C)=O. The Balaban J connectivity index is 2.18. The zero-order valence-corrected chi connectivity index (χ0v) is 14.4. The number of esters is 1. The number of hydrogen-bond acceptors (Lipinski definition) is 3. The minimum atomic E-state index is -0.125. The number of carbonyl (C=O) groups excluding carboxylic acids is 2. The van der Waals surface area contributed by atoms with E-state index in [1.807, 2.05) is 17.9 Å². The molecule has 0 spiro atoms. The molecule has 0 bridgehead atoms. The molecule has 0 fully saturated rings. The minimum Gasteiger partial charge on any atom is -0.466 e. The van der Waals surface area contributed by atoms with E-state index < -0.39 is 0 Å². The lowest BCUT2D eigenvalue weighted by Crippen LogP contribution is -2.25. The maximum Gasteiger partial charge on any atom is 0.306 e. The van der Waals surface area contributed by atoms with Crippen LogP contribution in [0.5, 0.6) is 0 Å². The van der Waals surface area contributed by atoms with Gasteiger partial charge in [-0.05, 0) is 42.9 Å². The molecule has 0 aromatic heterocycles. The molecule has 0 radical (unpaired) electrons. The molecule has 0 saturated heterocycles. The van der Waals surface area contributed by atoms with Gasteiger partial charge in [-0.15, -0.1) is 0 Å². The molecule has 0 saturated carbocycles. The lowest BCUT2D eigenvalue weighted by Gasteiger charge is -2.19.